The molecule has 1 heterocycles. The number of aromatic nitrogens is 1. The van der Waals surface area contributed by atoms with Gasteiger partial charge in [0.25, 0.3) is 0 Å². The van der Waals surface area contributed by atoms with Crippen molar-refractivity contribution in [3.63, 3.8) is 0 Å². The summed E-state index contributed by atoms with van der Waals surface area (Å²) in [7, 11) is 3.50. The third-order valence-corrected chi connectivity index (χ3v) is 5.42. The molecule has 26 heavy (non-hydrogen) atoms. The van der Waals surface area contributed by atoms with Crippen LogP contribution in [0.3, 0.4) is 0 Å². The highest BCUT2D eigenvalue weighted by Gasteiger charge is 2.17. The van der Waals surface area contributed by atoms with Crippen LogP contribution in [-0.2, 0) is 17.8 Å². The third kappa shape index (κ3) is 4.11. The van der Waals surface area contributed by atoms with Crippen LogP contribution >= 0.6 is 11.3 Å². The fourth-order valence-electron chi connectivity index (χ4n) is 2.75. The normalized spacial score (nSPS) is 10.6. The van der Waals surface area contributed by atoms with Gasteiger partial charge >= 0.3 is 0 Å². The lowest BCUT2D eigenvalue weighted by Gasteiger charge is -2.17. The molecule has 0 bridgehead atoms. The van der Waals surface area contributed by atoms with Gasteiger partial charge in [-0.15, -0.1) is 11.3 Å². The zero-order chi connectivity index (χ0) is 18.5. The molecular formula is C21H22N2O2S. The molecule has 4 nitrogen and oxygen atoms in total. The Hall–Kier alpha value is -2.66. The van der Waals surface area contributed by atoms with Crippen molar-refractivity contribution >= 4 is 17.2 Å². The summed E-state index contributed by atoms with van der Waals surface area (Å²) in [5, 5.41) is 0.883. The topological polar surface area (TPSA) is 42.4 Å². The van der Waals surface area contributed by atoms with Gasteiger partial charge in [-0.05, 0) is 24.6 Å². The van der Waals surface area contributed by atoms with Gasteiger partial charge in [-0.1, -0.05) is 42.5 Å². The van der Waals surface area contributed by atoms with E-state index in [0.29, 0.717) is 13.0 Å². The SMILES string of the molecule is COc1ccccc1-c1nc(C)c(CC(=O)N(C)Cc2ccccc2)s1. The summed E-state index contributed by atoms with van der Waals surface area (Å²) in [6.07, 6.45) is 0.363. The molecule has 0 unspecified atom stereocenters. The molecule has 0 aliphatic carbocycles. The zero-order valence-corrected chi connectivity index (χ0v) is 16.0. The van der Waals surface area contributed by atoms with Crippen LogP contribution in [0.5, 0.6) is 5.75 Å². The predicted molar refractivity (Wildman–Crippen MR) is 105 cm³/mol. The molecule has 0 fully saturated rings. The Morgan fingerprint density at radius 2 is 1.81 bits per heavy atom. The number of hydrogen-bond acceptors (Lipinski definition) is 4. The molecule has 0 saturated heterocycles. The number of para-hydroxylation sites is 1. The van der Waals surface area contributed by atoms with E-state index >= 15 is 0 Å². The molecule has 134 valence electrons. The number of hydrogen-bond donors (Lipinski definition) is 0. The maximum absolute atomic E-state index is 12.6. The molecule has 1 aromatic heterocycles. The van der Waals surface area contributed by atoms with Gasteiger partial charge < -0.3 is 9.64 Å². The Bertz CT molecular complexity index is 890. The van der Waals surface area contributed by atoms with Crippen LogP contribution in [0.25, 0.3) is 10.6 Å². The van der Waals surface area contributed by atoms with Crippen LogP contribution < -0.4 is 4.74 Å². The van der Waals surface area contributed by atoms with E-state index in [1.165, 1.54) is 0 Å². The monoisotopic (exact) mass is 366 g/mol. The van der Waals surface area contributed by atoms with E-state index in [9.17, 15) is 4.79 Å². The summed E-state index contributed by atoms with van der Waals surface area (Å²) in [5.74, 6) is 0.882. The highest BCUT2D eigenvalue weighted by Crippen LogP contribution is 2.34. The summed E-state index contributed by atoms with van der Waals surface area (Å²) in [5.41, 5.74) is 2.98. The Labute approximate surface area is 158 Å². The van der Waals surface area contributed by atoms with Crippen LogP contribution in [0.15, 0.2) is 54.6 Å². The average molecular weight is 366 g/mol. The fourth-order valence-corrected chi connectivity index (χ4v) is 3.83. The lowest BCUT2D eigenvalue weighted by atomic mass is 10.2. The van der Waals surface area contributed by atoms with E-state index in [2.05, 4.69) is 4.98 Å². The number of carbonyl (C=O) groups excluding carboxylic acids is 1. The molecule has 5 heteroatoms. The van der Waals surface area contributed by atoms with Gasteiger partial charge in [0.15, 0.2) is 0 Å². The first-order chi connectivity index (χ1) is 12.6. The number of ether oxygens (including phenoxy) is 1. The Balaban J connectivity index is 1.74. The number of carbonyl (C=O) groups is 1. The number of thiazole rings is 1. The molecule has 1 amide bonds. The quantitative estimate of drug-likeness (QED) is 0.652. The number of nitrogens with zero attached hydrogens (tertiary/aromatic N) is 2. The lowest BCUT2D eigenvalue weighted by Crippen LogP contribution is -2.27. The first-order valence-corrected chi connectivity index (χ1v) is 9.27. The second-order valence-corrected chi connectivity index (χ2v) is 7.22. The van der Waals surface area contributed by atoms with E-state index < -0.39 is 0 Å². The number of rotatable bonds is 6. The largest absolute Gasteiger partial charge is 0.496 e. The molecule has 0 aliphatic heterocycles. The second kappa shape index (κ2) is 8.15. The minimum atomic E-state index is 0.0900. The van der Waals surface area contributed by atoms with E-state index in [4.69, 9.17) is 4.74 Å². The van der Waals surface area contributed by atoms with Crippen LogP contribution in [0, 0.1) is 6.92 Å². The van der Waals surface area contributed by atoms with Crippen molar-refractivity contribution in [3.05, 3.63) is 70.7 Å². The van der Waals surface area contributed by atoms with Crippen molar-refractivity contribution in [2.45, 2.75) is 19.9 Å². The molecule has 2 aromatic carbocycles. The molecule has 3 aromatic rings. The zero-order valence-electron chi connectivity index (χ0n) is 15.2. The molecule has 0 N–H and O–H groups in total. The van der Waals surface area contributed by atoms with Gasteiger partial charge in [0.1, 0.15) is 10.8 Å². The number of methoxy groups -OCH3 is 1. The standard InChI is InChI=1S/C21H22N2O2S/c1-15-19(13-20(24)23(2)14-16-9-5-4-6-10-16)26-21(22-15)17-11-7-8-12-18(17)25-3/h4-12H,13-14H2,1-3H3. The summed E-state index contributed by atoms with van der Waals surface area (Å²) >= 11 is 1.56. The van der Waals surface area contributed by atoms with Gasteiger partial charge in [0, 0.05) is 18.5 Å². The summed E-state index contributed by atoms with van der Waals surface area (Å²) in [4.78, 5) is 20.0. The highest BCUT2D eigenvalue weighted by atomic mass is 32.1. The number of aryl methyl sites for hydroxylation is 1. The minimum Gasteiger partial charge on any atom is -0.496 e. The molecule has 0 aliphatic rings. The molecule has 3 rings (SSSR count). The van der Waals surface area contributed by atoms with Crippen molar-refractivity contribution in [1.29, 1.82) is 0 Å². The molecule has 0 saturated carbocycles. The maximum atomic E-state index is 12.6. The van der Waals surface area contributed by atoms with Gasteiger partial charge in [0.05, 0.1) is 24.8 Å². The number of benzene rings is 2. The minimum absolute atomic E-state index is 0.0900. The van der Waals surface area contributed by atoms with Crippen molar-refractivity contribution in [2.24, 2.45) is 0 Å². The fraction of sp³-hybridized carbons (Fsp3) is 0.238. The second-order valence-electron chi connectivity index (χ2n) is 6.14. The number of likely N-dealkylation sites (N-methyl/N-ethyl adjacent to an activating group) is 1. The van der Waals surface area contributed by atoms with Crippen LogP contribution in [-0.4, -0.2) is 29.9 Å². The highest BCUT2D eigenvalue weighted by molar-refractivity contribution is 7.15. The first kappa shape index (κ1) is 18.1. The van der Waals surface area contributed by atoms with E-state index in [1.54, 1.807) is 23.3 Å². The maximum Gasteiger partial charge on any atom is 0.227 e. The van der Waals surface area contributed by atoms with Crippen molar-refractivity contribution in [1.82, 2.24) is 9.88 Å². The van der Waals surface area contributed by atoms with Crippen molar-refractivity contribution in [3.8, 4) is 16.3 Å². The Morgan fingerprint density at radius 1 is 1.12 bits per heavy atom. The molecule has 0 spiro atoms. The number of amides is 1. The average Bonchev–Trinajstić information content (AvgIpc) is 3.02. The smallest absolute Gasteiger partial charge is 0.227 e. The van der Waals surface area contributed by atoms with E-state index in [0.717, 1.165) is 32.5 Å². The molecular weight excluding hydrogens is 344 g/mol. The van der Waals surface area contributed by atoms with Crippen LogP contribution in [0.1, 0.15) is 16.1 Å². The Kier molecular flexibility index (Phi) is 5.68. The van der Waals surface area contributed by atoms with Crippen molar-refractivity contribution in [2.75, 3.05) is 14.2 Å². The van der Waals surface area contributed by atoms with Gasteiger partial charge in [-0.25, -0.2) is 4.98 Å². The first-order valence-electron chi connectivity index (χ1n) is 8.46. The van der Waals surface area contributed by atoms with Gasteiger partial charge in [-0.3, -0.25) is 4.79 Å². The van der Waals surface area contributed by atoms with Gasteiger partial charge in [0.2, 0.25) is 5.91 Å². The van der Waals surface area contributed by atoms with Gasteiger partial charge in [-0.2, -0.15) is 0 Å². The lowest BCUT2D eigenvalue weighted by molar-refractivity contribution is -0.129. The van der Waals surface area contributed by atoms with Crippen LogP contribution in [0.2, 0.25) is 0 Å². The summed E-state index contributed by atoms with van der Waals surface area (Å²) < 4.78 is 5.43. The Morgan fingerprint density at radius 3 is 2.54 bits per heavy atom. The third-order valence-electron chi connectivity index (χ3n) is 4.23. The summed E-state index contributed by atoms with van der Waals surface area (Å²) in [6.45, 7) is 2.56. The molecule has 0 atom stereocenters. The van der Waals surface area contributed by atoms with E-state index in [-0.39, 0.29) is 5.91 Å². The van der Waals surface area contributed by atoms with Crippen LogP contribution in [0.4, 0.5) is 0 Å². The van der Waals surface area contributed by atoms with Crippen molar-refractivity contribution < 1.29 is 9.53 Å². The molecule has 0 radical (unpaired) electrons. The summed E-state index contributed by atoms with van der Waals surface area (Å²) in [6, 6.07) is 17.8. The predicted octanol–water partition coefficient (Wildman–Crippen LogP) is 4.33. The van der Waals surface area contributed by atoms with E-state index in [1.807, 2.05) is 68.6 Å².